The van der Waals surface area contributed by atoms with Gasteiger partial charge in [0.25, 0.3) is 0 Å². The van der Waals surface area contributed by atoms with Gasteiger partial charge in [-0.1, -0.05) is 0 Å². The molecular formula is C14H21F3N2O3. The molecule has 3 N–H and O–H groups in total. The van der Waals surface area contributed by atoms with E-state index in [2.05, 4.69) is 10.6 Å². The lowest BCUT2D eigenvalue weighted by molar-refractivity contribution is -0.192. The summed E-state index contributed by atoms with van der Waals surface area (Å²) < 4.78 is 31.7. The average Bonchev–Trinajstić information content (AvgIpc) is 2.99. The van der Waals surface area contributed by atoms with Crippen molar-refractivity contribution < 1.29 is 27.9 Å². The minimum Gasteiger partial charge on any atom is -0.475 e. The number of halogens is 3. The molecule has 1 saturated heterocycles. The van der Waals surface area contributed by atoms with Crippen LogP contribution in [-0.4, -0.2) is 42.8 Å². The van der Waals surface area contributed by atoms with Crippen molar-refractivity contribution in [2.45, 2.75) is 31.9 Å². The smallest absolute Gasteiger partial charge is 0.475 e. The van der Waals surface area contributed by atoms with Gasteiger partial charge >= 0.3 is 12.1 Å². The second kappa shape index (κ2) is 6.85. The third kappa shape index (κ3) is 4.86. The van der Waals surface area contributed by atoms with E-state index in [0.717, 1.165) is 50.2 Å². The summed E-state index contributed by atoms with van der Waals surface area (Å²) in [6.45, 7) is 3.21. The Balaban J connectivity index is 0.000000217. The molecule has 1 unspecified atom stereocenters. The van der Waals surface area contributed by atoms with Crippen LogP contribution >= 0.6 is 0 Å². The highest BCUT2D eigenvalue weighted by atomic mass is 19.4. The number of nitrogens with one attached hydrogen (secondary N) is 2. The minimum absolute atomic E-state index is 0.320. The van der Waals surface area contributed by atoms with Gasteiger partial charge in [0, 0.05) is 12.5 Å². The summed E-state index contributed by atoms with van der Waals surface area (Å²) in [6, 6.07) is 0. The predicted octanol–water partition coefficient (Wildman–Crippen LogP) is 1.39. The fourth-order valence-electron chi connectivity index (χ4n) is 3.09. The Morgan fingerprint density at radius 3 is 2.05 bits per heavy atom. The van der Waals surface area contributed by atoms with Gasteiger partial charge in [-0.05, 0) is 56.5 Å². The van der Waals surface area contributed by atoms with Gasteiger partial charge in [-0.15, -0.1) is 0 Å². The molecule has 3 rings (SSSR count). The number of carbonyl (C=O) groups excluding carboxylic acids is 1. The first-order chi connectivity index (χ1) is 10.3. The number of hydrogen-bond donors (Lipinski definition) is 3. The van der Waals surface area contributed by atoms with E-state index in [4.69, 9.17) is 9.90 Å². The van der Waals surface area contributed by atoms with Gasteiger partial charge in [-0.2, -0.15) is 13.2 Å². The number of aliphatic carboxylic acids is 1. The third-order valence-corrected chi connectivity index (χ3v) is 4.53. The maximum absolute atomic E-state index is 11.9. The summed E-state index contributed by atoms with van der Waals surface area (Å²) in [4.78, 5) is 20.8. The van der Waals surface area contributed by atoms with Crippen molar-refractivity contribution in [3.8, 4) is 0 Å². The first kappa shape index (κ1) is 17.1. The van der Waals surface area contributed by atoms with Crippen molar-refractivity contribution in [1.29, 1.82) is 0 Å². The summed E-state index contributed by atoms with van der Waals surface area (Å²) in [7, 11) is 0. The number of hydrogen-bond acceptors (Lipinski definition) is 3. The highest BCUT2D eigenvalue weighted by molar-refractivity contribution is 5.79. The predicted molar refractivity (Wildman–Crippen MR) is 72.0 cm³/mol. The zero-order valence-electron chi connectivity index (χ0n) is 12.2. The van der Waals surface area contributed by atoms with Gasteiger partial charge in [-0.25, -0.2) is 4.79 Å². The summed E-state index contributed by atoms with van der Waals surface area (Å²) >= 11 is 0. The molecule has 1 heterocycles. The van der Waals surface area contributed by atoms with Crippen LogP contribution in [0.1, 0.15) is 25.7 Å². The number of carboxylic acids is 1. The Kier molecular flexibility index (Phi) is 5.31. The normalized spacial score (nSPS) is 30.2. The first-order valence-electron chi connectivity index (χ1n) is 7.56. The molecule has 1 amide bonds. The maximum Gasteiger partial charge on any atom is 0.490 e. The quantitative estimate of drug-likeness (QED) is 0.734. The molecule has 3 atom stereocenters. The number of fused-ring (bicyclic) bond motifs is 1. The molecule has 8 heteroatoms. The van der Waals surface area contributed by atoms with Crippen LogP contribution in [0.25, 0.3) is 0 Å². The second-order valence-corrected chi connectivity index (χ2v) is 6.34. The fourth-order valence-corrected chi connectivity index (χ4v) is 3.09. The first-order valence-corrected chi connectivity index (χ1v) is 7.56. The highest BCUT2D eigenvalue weighted by Gasteiger charge is 2.40. The Morgan fingerprint density at radius 2 is 1.64 bits per heavy atom. The van der Waals surface area contributed by atoms with Crippen molar-refractivity contribution in [3.05, 3.63) is 0 Å². The lowest BCUT2D eigenvalue weighted by Gasteiger charge is -2.11. The molecule has 126 valence electrons. The van der Waals surface area contributed by atoms with Gasteiger partial charge in [0.05, 0.1) is 0 Å². The van der Waals surface area contributed by atoms with Gasteiger partial charge < -0.3 is 15.7 Å². The van der Waals surface area contributed by atoms with Gasteiger partial charge in [0.2, 0.25) is 5.91 Å². The van der Waals surface area contributed by atoms with Crippen LogP contribution < -0.4 is 10.6 Å². The molecule has 3 fully saturated rings. The molecule has 5 nitrogen and oxygen atoms in total. The van der Waals surface area contributed by atoms with E-state index in [1.165, 1.54) is 12.8 Å². The summed E-state index contributed by atoms with van der Waals surface area (Å²) in [5, 5.41) is 13.7. The molecule has 0 radical (unpaired) electrons. The molecule has 3 aliphatic rings. The number of amides is 1. The molecule has 0 spiro atoms. The highest BCUT2D eigenvalue weighted by Crippen LogP contribution is 2.38. The Hall–Kier alpha value is -1.31. The van der Waals surface area contributed by atoms with Crippen LogP contribution in [-0.2, 0) is 9.59 Å². The second-order valence-electron chi connectivity index (χ2n) is 6.34. The van der Waals surface area contributed by atoms with Gasteiger partial charge in [0.1, 0.15) is 0 Å². The Labute approximate surface area is 126 Å². The standard InChI is InChI=1S/C12H20N2O.C2HF3O2/c15-12(14-5-8-1-2-8)9-3-10-6-13-7-11(10)4-9;3-2(4,5)1(6)7/h8-11,13H,1-7H2,(H,14,15);(H,6,7)/t9?,10-,11+;. The van der Waals surface area contributed by atoms with Gasteiger partial charge in [0.15, 0.2) is 0 Å². The average molecular weight is 322 g/mol. The van der Waals surface area contributed by atoms with Crippen LogP contribution in [0.15, 0.2) is 0 Å². The Morgan fingerprint density at radius 1 is 1.14 bits per heavy atom. The number of alkyl halides is 3. The van der Waals surface area contributed by atoms with Crippen LogP contribution in [0.3, 0.4) is 0 Å². The summed E-state index contributed by atoms with van der Waals surface area (Å²) in [5.74, 6) is 0.254. The molecule has 0 bridgehead atoms. The molecule has 0 aromatic heterocycles. The van der Waals surface area contributed by atoms with Crippen molar-refractivity contribution in [3.63, 3.8) is 0 Å². The fraction of sp³-hybridized carbons (Fsp3) is 0.857. The van der Waals surface area contributed by atoms with Crippen LogP contribution in [0.5, 0.6) is 0 Å². The maximum atomic E-state index is 11.9. The number of carbonyl (C=O) groups is 2. The van der Waals surface area contributed by atoms with E-state index in [1.54, 1.807) is 0 Å². The molecule has 0 aromatic carbocycles. The van der Waals surface area contributed by atoms with Gasteiger partial charge in [-0.3, -0.25) is 4.79 Å². The lowest BCUT2D eigenvalue weighted by atomic mass is 10.0. The van der Waals surface area contributed by atoms with Crippen LogP contribution in [0.2, 0.25) is 0 Å². The summed E-state index contributed by atoms with van der Waals surface area (Å²) in [6.07, 6.45) is -0.206. The molecule has 2 saturated carbocycles. The molecule has 1 aliphatic heterocycles. The molecule has 2 aliphatic carbocycles. The van der Waals surface area contributed by atoms with E-state index in [0.29, 0.717) is 11.8 Å². The van der Waals surface area contributed by atoms with E-state index < -0.39 is 12.1 Å². The molecule has 22 heavy (non-hydrogen) atoms. The van der Waals surface area contributed by atoms with E-state index in [1.807, 2.05) is 0 Å². The zero-order chi connectivity index (χ0) is 16.3. The van der Waals surface area contributed by atoms with Crippen LogP contribution in [0, 0.1) is 23.7 Å². The van der Waals surface area contributed by atoms with Crippen LogP contribution in [0.4, 0.5) is 13.2 Å². The SMILES string of the molecule is O=C(NCC1CC1)C1C[C@H]2CNC[C@H]2C1.O=C(O)C(F)(F)F. The van der Waals surface area contributed by atoms with Crippen molar-refractivity contribution >= 4 is 11.9 Å². The lowest BCUT2D eigenvalue weighted by Crippen LogP contribution is -2.31. The number of rotatable bonds is 3. The Bertz CT molecular complexity index is 412. The molecule has 0 aromatic rings. The van der Waals surface area contributed by atoms with E-state index in [9.17, 15) is 18.0 Å². The number of carboxylic acid groups (broad SMARTS) is 1. The minimum atomic E-state index is -5.08. The van der Waals surface area contributed by atoms with Crippen molar-refractivity contribution in [2.24, 2.45) is 23.7 Å². The summed E-state index contributed by atoms with van der Waals surface area (Å²) in [5.41, 5.74) is 0. The van der Waals surface area contributed by atoms with Crippen molar-refractivity contribution in [1.82, 2.24) is 10.6 Å². The molecular weight excluding hydrogens is 301 g/mol. The largest absolute Gasteiger partial charge is 0.490 e. The zero-order valence-corrected chi connectivity index (χ0v) is 12.2. The third-order valence-electron chi connectivity index (χ3n) is 4.53. The van der Waals surface area contributed by atoms with Crippen molar-refractivity contribution in [2.75, 3.05) is 19.6 Å². The van der Waals surface area contributed by atoms with E-state index in [-0.39, 0.29) is 0 Å². The topological polar surface area (TPSA) is 78.4 Å². The van der Waals surface area contributed by atoms with E-state index >= 15 is 0 Å². The monoisotopic (exact) mass is 322 g/mol.